The maximum absolute atomic E-state index is 13.8. The van der Waals surface area contributed by atoms with E-state index in [2.05, 4.69) is 21.2 Å². The van der Waals surface area contributed by atoms with Gasteiger partial charge in [0.05, 0.1) is 26.2 Å². The number of likely N-dealkylation sites (N-methyl/N-ethyl adjacent to an activating group) is 1. The number of fused-ring (bicyclic) bond motifs is 1. The number of hydrogen-bond acceptors (Lipinski definition) is 7. The first-order valence-corrected chi connectivity index (χ1v) is 14.7. The highest BCUT2D eigenvalue weighted by Crippen LogP contribution is 2.46. The van der Waals surface area contributed by atoms with Crippen molar-refractivity contribution in [2.45, 2.75) is 18.4 Å². The Morgan fingerprint density at radius 1 is 1.05 bits per heavy atom. The molecule has 2 aliphatic heterocycles. The molecule has 0 unspecified atom stereocenters. The molecule has 3 heterocycles. The Morgan fingerprint density at radius 3 is 2.48 bits per heavy atom. The van der Waals surface area contributed by atoms with Crippen LogP contribution in [0.1, 0.15) is 39.2 Å². The lowest BCUT2D eigenvalue weighted by Gasteiger charge is -2.39. The lowest BCUT2D eigenvalue weighted by atomic mass is 9.81. The number of ether oxygens (including phenoxy) is 2. The van der Waals surface area contributed by atoms with E-state index in [9.17, 15) is 9.59 Å². The van der Waals surface area contributed by atoms with Crippen LogP contribution in [0.3, 0.4) is 0 Å². The second-order valence-corrected chi connectivity index (χ2v) is 11.5. The average Bonchev–Trinajstić information content (AvgIpc) is 3.51. The second-order valence-electron chi connectivity index (χ2n) is 10.1. The summed E-state index contributed by atoms with van der Waals surface area (Å²) in [5.74, 6) is 0.148. The van der Waals surface area contributed by atoms with Crippen molar-refractivity contribution in [3.63, 3.8) is 0 Å². The maximum atomic E-state index is 13.8. The quantitative estimate of drug-likeness (QED) is 0.370. The number of benzene rings is 2. The Morgan fingerprint density at radius 2 is 1.80 bits per heavy atom. The van der Waals surface area contributed by atoms with Gasteiger partial charge in [-0.05, 0) is 60.3 Å². The van der Waals surface area contributed by atoms with Crippen LogP contribution in [-0.2, 0) is 4.79 Å². The minimum absolute atomic E-state index is 0.100. The summed E-state index contributed by atoms with van der Waals surface area (Å²) in [4.78, 5) is 34.6. The smallest absolute Gasteiger partial charge is 0.254 e. The van der Waals surface area contributed by atoms with Crippen molar-refractivity contribution in [1.82, 2.24) is 15.1 Å². The van der Waals surface area contributed by atoms with E-state index in [1.807, 2.05) is 35.7 Å². The molecule has 2 aliphatic rings. The van der Waals surface area contributed by atoms with Gasteiger partial charge < -0.3 is 24.6 Å². The number of halogens is 1. The number of nitrogens with one attached hydrogen (secondary N) is 1. The zero-order chi connectivity index (χ0) is 28.2. The third kappa shape index (κ3) is 5.77. The minimum Gasteiger partial charge on any atom is -0.493 e. The highest BCUT2D eigenvalue weighted by atomic mass is 35.5. The zero-order valence-electron chi connectivity index (χ0n) is 23.1. The summed E-state index contributed by atoms with van der Waals surface area (Å²) in [6.45, 7) is 5.28. The molecular formula is C30H35ClN4O4S. The third-order valence-corrected chi connectivity index (χ3v) is 8.97. The lowest BCUT2D eigenvalue weighted by molar-refractivity contribution is -0.124. The molecule has 1 aromatic heterocycles. The lowest BCUT2D eigenvalue weighted by Crippen LogP contribution is -2.47. The highest BCUT2D eigenvalue weighted by molar-refractivity contribution is 7.10. The predicted molar refractivity (Wildman–Crippen MR) is 159 cm³/mol. The van der Waals surface area contributed by atoms with E-state index >= 15 is 0 Å². The van der Waals surface area contributed by atoms with Crippen LogP contribution in [0.2, 0.25) is 5.02 Å². The number of hydrogen-bond donors (Lipinski definition) is 1. The van der Waals surface area contributed by atoms with Gasteiger partial charge in [-0.2, -0.15) is 0 Å². The van der Waals surface area contributed by atoms with Crippen LogP contribution in [0.15, 0.2) is 53.9 Å². The standard InChI is InChI=1S/C30H35ClN4O4S/c1-33-28(26-9-5-16-40-26)27(22-18-24(38-2)25(39-3)19-23(22)30(33)37)29(36)32-10-6-11-34-12-14-35(15-13-34)21-8-4-7-20(31)17-21/h4-5,7-9,16-19,27-28H,6,10-15H2,1-3H3,(H,32,36)/t27-,28-/m1/s1. The van der Waals surface area contributed by atoms with Gasteiger partial charge in [-0.3, -0.25) is 14.5 Å². The molecule has 8 nitrogen and oxygen atoms in total. The van der Waals surface area contributed by atoms with Crippen molar-refractivity contribution in [2.75, 3.05) is 65.4 Å². The Kier molecular flexibility index (Phi) is 8.83. The number of thiophene rings is 1. The van der Waals surface area contributed by atoms with Crippen LogP contribution in [0.5, 0.6) is 11.5 Å². The first-order chi connectivity index (χ1) is 19.4. The molecule has 0 bridgehead atoms. The number of methoxy groups -OCH3 is 2. The highest BCUT2D eigenvalue weighted by Gasteiger charge is 2.44. The molecule has 5 rings (SSSR count). The van der Waals surface area contributed by atoms with Crippen LogP contribution in [-0.4, -0.2) is 82.1 Å². The fourth-order valence-electron chi connectivity index (χ4n) is 5.67. The van der Waals surface area contributed by atoms with E-state index in [0.717, 1.165) is 54.7 Å². The summed E-state index contributed by atoms with van der Waals surface area (Å²) in [5.41, 5.74) is 2.28. The molecule has 2 atom stereocenters. The van der Waals surface area contributed by atoms with Gasteiger partial charge in [-0.25, -0.2) is 0 Å². The molecule has 3 aromatic rings. The van der Waals surface area contributed by atoms with E-state index in [1.165, 1.54) is 7.11 Å². The van der Waals surface area contributed by atoms with Crippen molar-refractivity contribution < 1.29 is 19.1 Å². The topological polar surface area (TPSA) is 74.4 Å². The zero-order valence-corrected chi connectivity index (χ0v) is 24.6. The van der Waals surface area contributed by atoms with Gasteiger partial charge in [0.25, 0.3) is 5.91 Å². The van der Waals surface area contributed by atoms with E-state index in [1.54, 1.807) is 42.5 Å². The number of carbonyl (C=O) groups is 2. The third-order valence-electron chi connectivity index (χ3n) is 7.79. The molecule has 0 spiro atoms. The Labute approximate surface area is 244 Å². The van der Waals surface area contributed by atoms with Gasteiger partial charge >= 0.3 is 0 Å². The summed E-state index contributed by atoms with van der Waals surface area (Å²) in [6, 6.07) is 15.0. The normalized spacial score (nSPS) is 19.4. The monoisotopic (exact) mass is 582 g/mol. The molecular weight excluding hydrogens is 548 g/mol. The van der Waals surface area contributed by atoms with Crippen molar-refractivity contribution in [2.24, 2.45) is 0 Å². The summed E-state index contributed by atoms with van der Waals surface area (Å²) in [7, 11) is 4.86. The van der Waals surface area contributed by atoms with Crippen LogP contribution >= 0.6 is 22.9 Å². The molecule has 0 aliphatic carbocycles. The van der Waals surface area contributed by atoms with Gasteiger partial charge in [-0.1, -0.05) is 23.7 Å². The van der Waals surface area contributed by atoms with E-state index in [-0.39, 0.29) is 11.8 Å². The van der Waals surface area contributed by atoms with Crippen LogP contribution < -0.4 is 19.7 Å². The summed E-state index contributed by atoms with van der Waals surface area (Å²) < 4.78 is 11.0. The molecule has 1 saturated heterocycles. The Balaban J connectivity index is 1.25. The SMILES string of the molecule is COc1cc2c(cc1OC)[C@@H](C(=O)NCCCN1CCN(c3cccc(Cl)c3)CC1)[C@@H](c1cccs1)N(C)C2=O. The van der Waals surface area contributed by atoms with Crippen LogP contribution in [0.4, 0.5) is 5.69 Å². The Bertz CT molecular complexity index is 1340. The summed E-state index contributed by atoms with van der Waals surface area (Å²) >= 11 is 7.71. The fourth-order valence-corrected chi connectivity index (χ4v) is 6.76. The van der Waals surface area contributed by atoms with Gasteiger partial charge in [0.1, 0.15) is 0 Å². The first-order valence-electron chi connectivity index (χ1n) is 13.5. The van der Waals surface area contributed by atoms with Crippen LogP contribution in [0.25, 0.3) is 0 Å². The van der Waals surface area contributed by atoms with Gasteiger partial charge in [0, 0.05) is 60.9 Å². The molecule has 1 fully saturated rings. The number of nitrogens with zero attached hydrogens (tertiary/aromatic N) is 3. The number of amides is 2. The number of piperazine rings is 1. The number of rotatable bonds is 9. The molecule has 1 N–H and O–H groups in total. The van der Waals surface area contributed by atoms with Crippen molar-refractivity contribution >= 4 is 40.4 Å². The second kappa shape index (κ2) is 12.5. The molecule has 2 amide bonds. The van der Waals surface area contributed by atoms with Crippen molar-refractivity contribution in [1.29, 1.82) is 0 Å². The molecule has 0 saturated carbocycles. The fraction of sp³-hybridized carbons (Fsp3) is 0.400. The van der Waals surface area contributed by atoms with Crippen molar-refractivity contribution in [3.8, 4) is 11.5 Å². The largest absolute Gasteiger partial charge is 0.493 e. The van der Waals surface area contributed by atoms with Gasteiger partial charge in [-0.15, -0.1) is 11.3 Å². The molecule has 40 heavy (non-hydrogen) atoms. The average molecular weight is 583 g/mol. The molecule has 10 heteroatoms. The first kappa shape index (κ1) is 28.3. The molecule has 0 radical (unpaired) electrons. The van der Waals surface area contributed by atoms with Crippen LogP contribution in [0, 0.1) is 0 Å². The maximum Gasteiger partial charge on any atom is 0.254 e. The Hall–Kier alpha value is -3.27. The molecule has 2 aromatic carbocycles. The van der Waals surface area contributed by atoms with E-state index < -0.39 is 12.0 Å². The summed E-state index contributed by atoms with van der Waals surface area (Å²) in [5, 5.41) is 5.90. The summed E-state index contributed by atoms with van der Waals surface area (Å²) in [6.07, 6.45) is 0.840. The van der Waals surface area contributed by atoms with E-state index in [0.29, 0.717) is 29.2 Å². The van der Waals surface area contributed by atoms with Gasteiger partial charge in [0.2, 0.25) is 5.91 Å². The number of anilines is 1. The molecule has 212 valence electrons. The van der Waals surface area contributed by atoms with Crippen molar-refractivity contribution in [3.05, 3.63) is 74.9 Å². The predicted octanol–water partition coefficient (Wildman–Crippen LogP) is 4.66. The minimum atomic E-state index is -0.572. The van der Waals surface area contributed by atoms with Gasteiger partial charge in [0.15, 0.2) is 11.5 Å². The van der Waals surface area contributed by atoms with E-state index in [4.69, 9.17) is 21.1 Å². The number of carbonyl (C=O) groups excluding carboxylic acids is 2.